The summed E-state index contributed by atoms with van der Waals surface area (Å²) in [5.74, 6) is 0. The first-order valence-electron chi connectivity index (χ1n) is 9.80. The van der Waals surface area contributed by atoms with E-state index >= 15 is 0 Å². The second-order valence-corrected chi connectivity index (χ2v) is 6.97. The van der Waals surface area contributed by atoms with E-state index in [1.165, 1.54) is 0 Å². The minimum atomic E-state index is -0.533. The third-order valence-corrected chi connectivity index (χ3v) is 5.20. The van der Waals surface area contributed by atoms with Crippen LogP contribution in [0.1, 0.15) is 25.0 Å². The van der Waals surface area contributed by atoms with Gasteiger partial charge in [0.15, 0.2) is 0 Å². The number of hydrogen-bond acceptors (Lipinski definition) is 1. The lowest BCUT2D eigenvalue weighted by Crippen LogP contribution is -2.03. The van der Waals surface area contributed by atoms with Crippen molar-refractivity contribution < 1.29 is 5.11 Å². The van der Waals surface area contributed by atoms with Crippen LogP contribution in [0.25, 0.3) is 33.4 Å². The highest BCUT2D eigenvalue weighted by molar-refractivity contribution is 5.91. The van der Waals surface area contributed by atoms with Gasteiger partial charge in [0.2, 0.25) is 0 Å². The third kappa shape index (κ3) is 3.49. The number of aliphatic hydroxyl groups is 1. The molecule has 0 saturated carbocycles. The Labute approximate surface area is 166 Å². The Kier molecular flexibility index (Phi) is 5.36. The molecule has 0 radical (unpaired) electrons. The van der Waals surface area contributed by atoms with Crippen molar-refractivity contribution >= 4 is 0 Å². The van der Waals surface area contributed by atoms with Crippen LogP contribution in [-0.2, 0) is 0 Å². The van der Waals surface area contributed by atoms with Gasteiger partial charge in [0, 0.05) is 0 Å². The summed E-state index contributed by atoms with van der Waals surface area (Å²) in [6, 6.07) is 35.5. The van der Waals surface area contributed by atoms with E-state index in [1.807, 2.05) is 37.3 Å². The Morgan fingerprint density at radius 1 is 0.571 bits per heavy atom. The average molecular weight is 364 g/mol. The SMILES string of the molecule is CC[C@H](O)c1c(-c2ccccc2)ccc(-c2ccccc2)c1-c1ccccc1. The lowest BCUT2D eigenvalue weighted by Gasteiger charge is -2.23. The van der Waals surface area contributed by atoms with Crippen molar-refractivity contribution in [3.63, 3.8) is 0 Å². The first kappa shape index (κ1) is 18.2. The van der Waals surface area contributed by atoms with E-state index in [1.54, 1.807) is 0 Å². The van der Waals surface area contributed by atoms with E-state index in [4.69, 9.17) is 0 Å². The van der Waals surface area contributed by atoms with Crippen LogP contribution in [-0.4, -0.2) is 5.11 Å². The molecule has 1 N–H and O–H groups in total. The topological polar surface area (TPSA) is 20.2 Å². The Balaban J connectivity index is 2.08. The van der Waals surface area contributed by atoms with Gasteiger partial charge in [-0.3, -0.25) is 0 Å². The molecule has 4 rings (SSSR count). The second kappa shape index (κ2) is 8.24. The lowest BCUT2D eigenvalue weighted by molar-refractivity contribution is 0.175. The molecule has 4 aromatic carbocycles. The number of hydrogen-bond donors (Lipinski definition) is 1. The predicted octanol–water partition coefficient (Wildman–Crippen LogP) is 7.13. The molecule has 138 valence electrons. The van der Waals surface area contributed by atoms with Crippen LogP contribution in [0.2, 0.25) is 0 Å². The van der Waals surface area contributed by atoms with Gasteiger partial charge in [-0.05, 0) is 45.4 Å². The van der Waals surface area contributed by atoms with E-state index in [0.29, 0.717) is 6.42 Å². The molecule has 0 aliphatic rings. The molecule has 0 amide bonds. The van der Waals surface area contributed by atoms with Crippen molar-refractivity contribution in [2.24, 2.45) is 0 Å². The summed E-state index contributed by atoms with van der Waals surface area (Å²) >= 11 is 0. The molecule has 0 aliphatic heterocycles. The van der Waals surface area contributed by atoms with Crippen molar-refractivity contribution in [1.82, 2.24) is 0 Å². The summed E-state index contributed by atoms with van der Waals surface area (Å²) in [6.07, 6.45) is 0.131. The van der Waals surface area contributed by atoms with E-state index in [9.17, 15) is 5.11 Å². The van der Waals surface area contributed by atoms with Crippen molar-refractivity contribution in [3.05, 3.63) is 109 Å². The zero-order chi connectivity index (χ0) is 19.3. The van der Waals surface area contributed by atoms with Gasteiger partial charge in [0.05, 0.1) is 6.10 Å². The summed E-state index contributed by atoms with van der Waals surface area (Å²) < 4.78 is 0. The Morgan fingerprint density at radius 3 is 1.50 bits per heavy atom. The van der Waals surface area contributed by atoms with Crippen molar-refractivity contribution in [2.45, 2.75) is 19.4 Å². The van der Waals surface area contributed by atoms with Gasteiger partial charge in [-0.25, -0.2) is 0 Å². The molecule has 0 heterocycles. The van der Waals surface area contributed by atoms with Crippen LogP contribution >= 0.6 is 0 Å². The highest BCUT2D eigenvalue weighted by Crippen LogP contribution is 2.43. The number of rotatable bonds is 5. The van der Waals surface area contributed by atoms with Gasteiger partial charge in [-0.1, -0.05) is 110 Å². The molecule has 0 saturated heterocycles. The van der Waals surface area contributed by atoms with E-state index < -0.39 is 6.10 Å². The quantitative estimate of drug-likeness (QED) is 0.399. The van der Waals surface area contributed by atoms with E-state index in [0.717, 1.165) is 38.9 Å². The van der Waals surface area contributed by atoms with Gasteiger partial charge >= 0.3 is 0 Å². The Bertz CT molecular complexity index is 1040. The molecule has 0 fully saturated rings. The number of benzene rings is 4. The van der Waals surface area contributed by atoms with Gasteiger partial charge in [0.1, 0.15) is 0 Å². The van der Waals surface area contributed by atoms with Crippen molar-refractivity contribution in [1.29, 1.82) is 0 Å². The zero-order valence-corrected chi connectivity index (χ0v) is 16.0. The molecule has 0 unspecified atom stereocenters. The van der Waals surface area contributed by atoms with Gasteiger partial charge in [-0.2, -0.15) is 0 Å². The van der Waals surface area contributed by atoms with Crippen LogP contribution < -0.4 is 0 Å². The van der Waals surface area contributed by atoms with E-state index in [-0.39, 0.29) is 0 Å². The van der Waals surface area contributed by atoms with Crippen LogP contribution in [0.15, 0.2) is 103 Å². The minimum Gasteiger partial charge on any atom is -0.388 e. The molecule has 0 aliphatic carbocycles. The first-order chi connectivity index (χ1) is 13.8. The maximum absolute atomic E-state index is 11.1. The van der Waals surface area contributed by atoms with Crippen molar-refractivity contribution in [2.75, 3.05) is 0 Å². The first-order valence-corrected chi connectivity index (χ1v) is 9.80. The monoisotopic (exact) mass is 364 g/mol. The molecule has 0 bridgehead atoms. The summed E-state index contributed by atoms with van der Waals surface area (Å²) in [5.41, 5.74) is 7.76. The van der Waals surface area contributed by atoms with Crippen molar-refractivity contribution in [3.8, 4) is 33.4 Å². The van der Waals surface area contributed by atoms with Crippen LogP contribution in [0.3, 0.4) is 0 Å². The largest absolute Gasteiger partial charge is 0.388 e. The fourth-order valence-electron chi connectivity index (χ4n) is 3.81. The zero-order valence-electron chi connectivity index (χ0n) is 16.0. The van der Waals surface area contributed by atoms with E-state index in [2.05, 4.69) is 72.8 Å². The van der Waals surface area contributed by atoms with Crippen LogP contribution in [0, 0.1) is 0 Å². The standard InChI is InChI=1S/C27H24O/c1-2-25(28)27-24(21-14-8-4-9-15-21)19-18-23(20-12-6-3-7-13-20)26(27)22-16-10-5-11-17-22/h3-19,25,28H,2H2,1H3/t25-/m0/s1. The molecule has 1 heteroatoms. The highest BCUT2D eigenvalue weighted by atomic mass is 16.3. The predicted molar refractivity (Wildman–Crippen MR) is 118 cm³/mol. The Hall–Kier alpha value is -3.16. The van der Waals surface area contributed by atoms with Gasteiger partial charge in [0.25, 0.3) is 0 Å². The molecule has 0 aromatic heterocycles. The second-order valence-electron chi connectivity index (χ2n) is 6.97. The summed E-state index contributed by atoms with van der Waals surface area (Å²) in [4.78, 5) is 0. The molecular formula is C27H24O. The fraction of sp³-hybridized carbons (Fsp3) is 0.111. The Morgan fingerprint density at radius 2 is 1.00 bits per heavy atom. The molecule has 1 nitrogen and oxygen atoms in total. The van der Waals surface area contributed by atoms with Gasteiger partial charge in [-0.15, -0.1) is 0 Å². The minimum absolute atomic E-state index is 0.533. The molecule has 28 heavy (non-hydrogen) atoms. The number of aliphatic hydroxyl groups excluding tert-OH is 1. The normalized spacial score (nSPS) is 11.9. The summed E-state index contributed by atoms with van der Waals surface area (Å²) in [6.45, 7) is 2.03. The van der Waals surface area contributed by atoms with Crippen LogP contribution in [0.5, 0.6) is 0 Å². The maximum Gasteiger partial charge on any atom is 0.0799 e. The highest BCUT2D eigenvalue weighted by Gasteiger charge is 2.21. The molecule has 4 aromatic rings. The smallest absolute Gasteiger partial charge is 0.0799 e. The maximum atomic E-state index is 11.1. The van der Waals surface area contributed by atoms with Gasteiger partial charge < -0.3 is 5.11 Å². The fourth-order valence-corrected chi connectivity index (χ4v) is 3.81. The molecule has 0 spiro atoms. The van der Waals surface area contributed by atoms with Crippen LogP contribution in [0.4, 0.5) is 0 Å². The third-order valence-electron chi connectivity index (χ3n) is 5.20. The molecule has 1 atom stereocenters. The summed E-state index contributed by atoms with van der Waals surface area (Å²) in [5, 5.41) is 11.1. The summed E-state index contributed by atoms with van der Waals surface area (Å²) in [7, 11) is 0. The molecular weight excluding hydrogens is 340 g/mol. The average Bonchev–Trinajstić information content (AvgIpc) is 2.79. The lowest BCUT2D eigenvalue weighted by atomic mass is 9.83.